The van der Waals surface area contributed by atoms with Crippen LogP contribution >= 0.6 is 23.2 Å². The molecule has 0 N–H and O–H groups in total. The van der Waals surface area contributed by atoms with Gasteiger partial charge >= 0.3 is 0 Å². The molecule has 0 aliphatic rings. The van der Waals surface area contributed by atoms with Crippen LogP contribution in [0.15, 0.2) is 34.8 Å². The van der Waals surface area contributed by atoms with Crippen molar-refractivity contribution in [2.75, 3.05) is 0 Å². The molecule has 0 radical (unpaired) electrons. The van der Waals surface area contributed by atoms with Crippen molar-refractivity contribution in [2.24, 2.45) is 0 Å². The third-order valence-corrected chi connectivity index (χ3v) is 2.78. The zero-order valence-corrected chi connectivity index (χ0v) is 11.6. The van der Waals surface area contributed by atoms with Crippen LogP contribution in [0.1, 0.15) is 5.56 Å². The summed E-state index contributed by atoms with van der Waals surface area (Å²) in [5.74, 6) is 0.582. The van der Waals surface area contributed by atoms with E-state index >= 15 is 0 Å². The Bertz CT molecular complexity index is 351. The Labute approximate surface area is 102 Å². The lowest BCUT2D eigenvalue weighted by Crippen LogP contribution is -2.24. The van der Waals surface area contributed by atoms with Crippen LogP contribution in [0.4, 0.5) is 0 Å². The normalized spacial score (nSPS) is 11.0. The lowest BCUT2D eigenvalue weighted by molar-refractivity contribution is 0.514. The predicted octanol–water partition coefficient (Wildman–Crippen LogP) is 4.64. The standard InChI is InChI=1S/C11H14Cl2OSi/c1-15(2,3)14-10(11(12)13)9-7-5-4-6-8-9/h4-8H,1-3H3. The summed E-state index contributed by atoms with van der Waals surface area (Å²) in [5, 5.41) is 0. The monoisotopic (exact) mass is 260 g/mol. The Kier molecular flexibility index (Phi) is 4.26. The third kappa shape index (κ3) is 4.28. The van der Waals surface area contributed by atoms with Gasteiger partial charge in [0, 0.05) is 5.56 Å². The van der Waals surface area contributed by atoms with E-state index < -0.39 is 8.32 Å². The van der Waals surface area contributed by atoms with Crippen molar-refractivity contribution in [3.8, 4) is 0 Å². The highest BCUT2D eigenvalue weighted by Gasteiger charge is 2.20. The van der Waals surface area contributed by atoms with Gasteiger partial charge < -0.3 is 4.43 Å². The van der Waals surface area contributed by atoms with Crippen molar-refractivity contribution in [1.82, 2.24) is 0 Å². The lowest BCUT2D eigenvalue weighted by Gasteiger charge is -2.22. The van der Waals surface area contributed by atoms with E-state index in [1.54, 1.807) is 0 Å². The fraction of sp³-hybridized carbons (Fsp3) is 0.273. The van der Waals surface area contributed by atoms with Gasteiger partial charge in [0.1, 0.15) is 10.3 Å². The molecule has 0 fully saturated rings. The van der Waals surface area contributed by atoms with Crippen molar-refractivity contribution in [1.29, 1.82) is 0 Å². The molecular weight excluding hydrogens is 247 g/mol. The maximum Gasteiger partial charge on any atom is 0.242 e. The summed E-state index contributed by atoms with van der Waals surface area (Å²) < 4.78 is 6.02. The molecule has 0 atom stereocenters. The highest BCUT2D eigenvalue weighted by atomic mass is 35.5. The van der Waals surface area contributed by atoms with Crippen LogP contribution in [0.5, 0.6) is 0 Å². The molecule has 0 amide bonds. The first kappa shape index (κ1) is 12.6. The Morgan fingerprint density at radius 3 is 2.00 bits per heavy atom. The molecule has 0 saturated heterocycles. The zero-order valence-electron chi connectivity index (χ0n) is 9.05. The van der Waals surface area contributed by atoms with Crippen molar-refractivity contribution in [3.05, 3.63) is 40.4 Å². The molecule has 1 aromatic carbocycles. The first-order chi connectivity index (χ1) is 6.90. The SMILES string of the molecule is C[Si](C)(C)OC(=C(Cl)Cl)c1ccccc1. The summed E-state index contributed by atoms with van der Waals surface area (Å²) in [6.45, 7) is 6.27. The van der Waals surface area contributed by atoms with Crippen LogP contribution in [0.2, 0.25) is 19.6 Å². The molecule has 15 heavy (non-hydrogen) atoms. The molecule has 0 spiro atoms. The number of halogens is 2. The largest absolute Gasteiger partial charge is 0.542 e. The van der Waals surface area contributed by atoms with E-state index in [4.69, 9.17) is 27.6 Å². The Morgan fingerprint density at radius 1 is 1.07 bits per heavy atom. The van der Waals surface area contributed by atoms with Crippen molar-refractivity contribution < 1.29 is 4.43 Å². The summed E-state index contributed by atoms with van der Waals surface area (Å²) in [6.07, 6.45) is 0. The second-order valence-corrected chi connectivity index (χ2v) is 9.55. The van der Waals surface area contributed by atoms with Gasteiger partial charge in [-0.1, -0.05) is 53.5 Å². The summed E-state index contributed by atoms with van der Waals surface area (Å²) in [6, 6.07) is 9.66. The van der Waals surface area contributed by atoms with E-state index in [2.05, 4.69) is 19.6 Å². The van der Waals surface area contributed by atoms with Crippen LogP contribution in [0.3, 0.4) is 0 Å². The van der Waals surface area contributed by atoms with Gasteiger partial charge in [-0.05, 0) is 19.6 Å². The number of benzene rings is 1. The van der Waals surface area contributed by atoms with Gasteiger partial charge in [-0.3, -0.25) is 0 Å². The number of hydrogen-bond acceptors (Lipinski definition) is 1. The van der Waals surface area contributed by atoms with Gasteiger partial charge in [-0.2, -0.15) is 0 Å². The molecule has 1 aromatic rings. The average Bonchev–Trinajstić information content (AvgIpc) is 2.14. The molecule has 4 heteroatoms. The molecule has 82 valence electrons. The van der Waals surface area contributed by atoms with E-state index in [0.717, 1.165) is 5.56 Å². The molecule has 1 nitrogen and oxygen atoms in total. The third-order valence-electron chi connectivity index (χ3n) is 1.62. The van der Waals surface area contributed by atoms with Gasteiger partial charge in [-0.25, -0.2) is 0 Å². The van der Waals surface area contributed by atoms with Gasteiger partial charge in [0.05, 0.1) is 0 Å². The maximum absolute atomic E-state index is 5.84. The van der Waals surface area contributed by atoms with E-state index in [9.17, 15) is 0 Å². The molecule has 0 saturated carbocycles. The van der Waals surface area contributed by atoms with Crippen molar-refractivity contribution in [3.63, 3.8) is 0 Å². The molecule has 0 aromatic heterocycles. The second-order valence-electron chi connectivity index (χ2n) is 4.17. The number of hydrogen-bond donors (Lipinski definition) is 0. The zero-order chi connectivity index (χ0) is 11.5. The van der Waals surface area contributed by atoms with Crippen LogP contribution in [0.25, 0.3) is 5.76 Å². The molecule has 0 unspecified atom stereocenters. The van der Waals surface area contributed by atoms with Crippen LogP contribution < -0.4 is 0 Å². The lowest BCUT2D eigenvalue weighted by atomic mass is 10.2. The minimum absolute atomic E-state index is 0.184. The highest BCUT2D eigenvalue weighted by Crippen LogP contribution is 2.28. The molecular formula is C11H14Cl2OSi. The first-order valence-corrected chi connectivity index (χ1v) is 8.86. The Hall–Kier alpha value is -0.443. The van der Waals surface area contributed by atoms with E-state index in [0.29, 0.717) is 5.76 Å². The van der Waals surface area contributed by atoms with Crippen molar-refractivity contribution >= 4 is 37.3 Å². The van der Waals surface area contributed by atoms with Gasteiger partial charge in [0.25, 0.3) is 0 Å². The summed E-state index contributed by atoms with van der Waals surface area (Å²) >= 11 is 11.7. The van der Waals surface area contributed by atoms with E-state index in [-0.39, 0.29) is 4.49 Å². The Balaban J connectivity index is 3.02. The molecule has 0 aliphatic heterocycles. The van der Waals surface area contributed by atoms with Crippen LogP contribution in [-0.2, 0) is 4.43 Å². The minimum Gasteiger partial charge on any atom is -0.542 e. The molecule has 0 heterocycles. The van der Waals surface area contributed by atoms with E-state index in [1.165, 1.54) is 0 Å². The fourth-order valence-corrected chi connectivity index (χ4v) is 2.36. The molecule has 0 bridgehead atoms. The topological polar surface area (TPSA) is 9.23 Å². The highest BCUT2D eigenvalue weighted by molar-refractivity contribution is 6.71. The summed E-state index contributed by atoms with van der Waals surface area (Å²) in [5.41, 5.74) is 0.917. The maximum atomic E-state index is 5.84. The fourth-order valence-electron chi connectivity index (χ4n) is 1.10. The quantitative estimate of drug-likeness (QED) is 0.568. The first-order valence-electron chi connectivity index (χ1n) is 4.70. The van der Waals surface area contributed by atoms with Gasteiger partial charge in [0.2, 0.25) is 8.32 Å². The Morgan fingerprint density at radius 2 is 1.60 bits per heavy atom. The van der Waals surface area contributed by atoms with Crippen LogP contribution in [0, 0.1) is 0 Å². The summed E-state index contributed by atoms with van der Waals surface area (Å²) in [7, 11) is -1.69. The smallest absolute Gasteiger partial charge is 0.242 e. The molecule has 0 aliphatic carbocycles. The molecule has 1 rings (SSSR count). The predicted molar refractivity (Wildman–Crippen MR) is 69.5 cm³/mol. The number of rotatable bonds is 3. The average molecular weight is 261 g/mol. The minimum atomic E-state index is -1.69. The van der Waals surface area contributed by atoms with Gasteiger partial charge in [0.15, 0.2) is 0 Å². The van der Waals surface area contributed by atoms with Crippen LogP contribution in [-0.4, -0.2) is 8.32 Å². The second kappa shape index (κ2) is 5.06. The summed E-state index contributed by atoms with van der Waals surface area (Å²) in [4.78, 5) is 0. The van der Waals surface area contributed by atoms with E-state index in [1.807, 2.05) is 30.3 Å². The van der Waals surface area contributed by atoms with Gasteiger partial charge in [-0.15, -0.1) is 0 Å². The van der Waals surface area contributed by atoms with Crippen molar-refractivity contribution in [2.45, 2.75) is 19.6 Å².